The van der Waals surface area contributed by atoms with Gasteiger partial charge in [0, 0.05) is 10.0 Å². The summed E-state index contributed by atoms with van der Waals surface area (Å²) in [5.41, 5.74) is 4.67. The van der Waals surface area contributed by atoms with Crippen molar-refractivity contribution in [1.29, 1.82) is 0 Å². The third-order valence-electron chi connectivity index (χ3n) is 3.04. The predicted octanol–water partition coefficient (Wildman–Crippen LogP) is 4.53. The van der Waals surface area contributed by atoms with Crippen LogP contribution in [-0.2, 0) is 4.79 Å². The second-order valence-corrected chi connectivity index (χ2v) is 6.59. The zero-order chi connectivity index (χ0) is 18.6. The molecule has 0 aliphatic heterocycles. The number of hydrazine groups is 1. The number of carbonyl (C=O) groups excluding carboxylic acids is 2. The van der Waals surface area contributed by atoms with E-state index < -0.39 is 17.9 Å². The zero-order valence-corrected chi connectivity index (χ0v) is 15.8. The molecule has 132 valence electrons. The standard InChI is InChI=1S/C16H12Cl4N2O3/c1-8(25-14-5-3-10(18)7-13(14)20)15(23)21-22-16(24)11-4-2-9(17)6-12(11)19/h2-8H,1H3,(H,21,23)(H,22,24)/t8-/m0/s1. The van der Waals surface area contributed by atoms with Crippen molar-refractivity contribution in [3.8, 4) is 5.75 Å². The molecule has 0 aliphatic carbocycles. The second kappa shape index (κ2) is 8.63. The summed E-state index contributed by atoms with van der Waals surface area (Å²) in [5.74, 6) is -0.878. The SMILES string of the molecule is C[C@H](Oc1ccc(Cl)cc1Cl)C(=O)NNC(=O)c1ccc(Cl)cc1Cl. The lowest BCUT2D eigenvalue weighted by molar-refractivity contribution is -0.128. The van der Waals surface area contributed by atoms with E-state index in [4.69, 9.17) is 51.1 Å². The number of ether oxygens (including phenoxy) is 1. The van der Waals surface area contributed by atoms with Gasteiger partial charge in [0.1, 0.15) is 5.75 Å². The molecule has 2 aromatic rings. The molecule has 0 fully saturated rings. The quantitative estimate of drug-likeness (QED) is 0.712. The van der Waals surface area contributed by atoms with Gasteiger partial charge in [0.05, 0.1) is 15.6 Å². The minimum Gasteiger partial charge on any atom is -0.479 e. The summed E-state index contributed by atoms with van der Waals surface area (Å²) in [4.78, 5) is 24.1. The second-order valence-electron chi connectivity index (χ2n) is 4.90. The van der Waals surface area contributed by atoms with Crippen LogP contribution in [0.15, 0.2) is 36.4 Å². The monoisotopic (exact) mass is 420 g/mol. The maximum absolute atomic E-state index is 12.0. The van der Waals surface area contributed by atoms with Crippen LogP contribution in [0.3, 0.4) is 0 Å². The number of halogens is 4. The van der Waals surface area contributed by atoms with Crippen LogP contribution in [0.25, 0.3) is 0 Å². The molecule has 0 radical (unpaired) electrons. The fraction of sp³-hybridized carbons (Fsp3) is 0.125. The summed E-state index contributed by atoms with van der Waals surface area (Å²) in [6, 6.07) is 9.00. The van der Waals surface area contributed by atoms with Gasteiger partial charge in [-0.15, -0.1) is 0 Å². The summed E-state index contributed by atoms with van der Waals surface area (Å²) >= 11 is 23.5. The van der Waals surface area contributed by atoms with Crippen molar-refractivity contribution < 1.29 is 14.3 Å². The minimum absolute atomic E-state index is 0.163. The van der Waals surface area contributed by atoms with Crippen LogP contribution >= 0.6 is 46.4 Å². The highest BCUT2D eigenvalue weighted by molar-refractivity contribution is 6.37. The number of amides is 2. The highest BCUT2D eigenvalue weighted by Crippen LogP contribution is 2.28. The van der Waals surface area contributed by atoms with E-state index in [0.29, 0.717) is 15.8 Å². The largest absolute Gasteiger partial charge is 0.479 e. The lowest BCUT2D eigenvalue weighted by Gasteiger charge is -2.16. The Labute approximate surface area is 164 Å². The molecule has 0 saturated heterocycles. The number of nitrogens with one attached hydrogen (secondary N) is 2. The van der Waals surface area contributed by atoms with Crippen LogP contribution in [0.2, 0.25) is 20.1 Å². The highest BCUT2D eigenvalue weighted by atomic mass is 35.5. The van der Waals surface area contributed by atoms with Gasteiger partial charge in [0.15, 0.2) is 6.10 Å². The van der Waals surface area contributed by atoms with E-state index in [2.05, 4.69) is 10.9 Å². The van der Waals surface area contributed by atoms with Gasteiger partial charge in [0.25, 0.3) is 11.8 Å². The van der Waals surface area contributed by atoms with Crippen molar-refractivity contribution in [2.24, 2.45) is 0 Å². The molecule has 0 spiro atoms. The summed E-state index contributed by atoms with van der Waals surface area (Å²) in [5, 5.41) is 1.27. The normalized spacial score (nSPS) is 11.6. The molecule has 0 saturated carbocycles. The van der Waals surface area contributed by atoms with Crippen LogP contribution < -0.4 is 15.6 Å². The Morgan fingerprint density at radius 3 is 2.12 bits per heavy atom. The smallest absolute Gasteiger partial charge is 0.279 e. The molecule has 0 unspecified atom stereocenters. The van der Waals surface area contributed by atoms with E-state index >= 15 is 0 Å². The molecular formula is C16H12Cl4N2O3. The molecule has 25 heavy (non-hydrogen) atoms. The highest BCUT2D eigenvalue weighted by Gasteiger charge is 2.18. The Kier molecular flexibility index (Phi) is 6.79. The topological polar surface area (TPSA) is 67.4 Å². The maximum Gasteiger partial charge on any atom is 0.279 e. The van der Waals surface area contributed by atoms with Gasteiger partial charge in [-0.1, -0.05) is 46.4 Å². The van der Waals surface area contributed by atoms with Gasteiger partial charge < -0.3 is 4.74 Å². The van der Waals surface area contributed by atoms with E-state index in [1.54, 1.807) is 12.1 Å². The van der Waals surface area contributed by atoms with Crippen LogP contribution in [0.1, 0.15) is 17.3 Å². The average molecular weight is 422 g/mol. The number of carbonyl (C=O) groups is 2. The summed E-state index contributed by atoms with van der Waals surface area (Å²) < 4.78 is 5.44. The Morgan fingerprint density at radius 1 is 0.920 bits per heavy atom. The Morgan fingerprint density at radius 2 is 1.52 bits per heavy atom. The molecule has 9 heteroatoms. The van der Waals surface area contributed by atoms with E-state index in [9.17, 15) is 9.59 Å². The molecule has 0 aromatic heterocycles. The molecule has 2 N–H and O–H groups in total. The van der Waals surface area contributed by atoms with E-state index in [1.807, 2.05) is 0 Å². The summed E-state index contributed by atoms with van der Waals surface area (Å²) in [6.07, 6.45) is -0.917. The number of rotatable bonds is 4. The van der Waals surface area contributed by atoms with Gasteiger partial charge in [-0.2, -0.15) is 0 Å². The van der Waals surface area contributed by atoms with Crippen LogP contribution in [-0.4, -0.2) is 17.9 Å². The van der Waals surface area contributed by atoms with Crippen molar-refractivity contribution in [3.05, 3.63) is 62.1 Å². The third kappa shape index (κ3) is 5.41. The first-order chi connectivity index (χ1) is 11.8. The van der Waals surface area contributed by atoms with E-state index in [1.165, 1.54) is 31.2 Å². The summed E-state index contributed by atoms with van der Waals surface area (Å²) in [7, 11) is 0. The van der Waals surface area contributed by atoms with Crippen LogP contribution in [0.4, 0.5) is 0 Å². The first-order valence-electron chi connectivity index (χ1n) is 6.95. The van der Waals surface area contributed by atoms with E-state index in [-0.39, 0.29) is 15.6 Å². The van der Waals surface area contributed by atoms with Crippen molar-refractivity contribution in [2.45, 2.75) is 13.0 Å². The lowest BCUT2D eigenvalue weighted by Crippen LogP contribution is -2.47. The minimum atomic E-state index is -0.917. The average Bonchev–Trinajstić information content (AvgIpc) is 2.54. The Hall–Kier alpha value is -1.66. The molecule has 2 rings (SSSR count). The van der Waals surface area contributed by atoms with Gasteiger partial charge in [-0.05, 0) is 43.3 Å². The number of hydrogen-bond donors (Lipinski definition) is 2. The van der Waals surface area contributed by atoms with Crippen molar-refractivity contribution in [3.63, 3.8) is 0 Å². The first kappa shape index (κ1) is 19.7. The summed E-state index contributed by atoms with van der Waals surface area (Å²) in [6.45, 7) is 1.50. The Balaban J connectivity index is 1.93. The lowest BCUT2D eigenvalue weighted by atomic mass is 10.2. The number of hydrogen-bond acceptors (Lipinski definition) is 3. The van der Waals surface area contributed by atoms with Gasteiger partial charge in [0.2, 0.25) is 0 Å². The van der Waals surface area contributed by atoms with E-state index in [0.717, 1.165) is 0 Å². The third-order valence-corrected chi connectivity index (χ3v) is 4.12. The van der Waals surface area contributed by atoms with Gasteiger partial charge >= 0.3 is 0 Å². The molecular weight excluding hydrogens is 410 g/mol. The molecule has 1 atom stereocenters. The first-order valence-corrected chi connectivity index (χ1v) is 8.46. The Bertz CT molecular complexity index is 814. The molecule has 2 amide bonds. The molecule has 5 nitrogen and oxygen atoms in total. The zero-order valence-electron chi connectivity index (χ0n) is 12.8. The van der Waals surface area contributed by atoms with Crippen molar-refractivity contribution >= 4 is 58.2 Å². The molecule has 0 bridgehead atoms. The predicted molar refractivity (Wildman–Crippen MR) is 98.6 cm³/mol. The fourth-order valence-corrected chi connectivity index (χ4v) is 2.72. The molecule has 0 aliphatic rings. The molecule has 2 aromatic carbocycles. The van der Waals surface area contributed by atoms with Crippen molar-refractivity contribution in [1.82, 2.24) is 10.9 Å². The van der Waals surface area contributed by atoms with Gasteiger partial charge in [-0.25, -0.2) is 0 Å². The van der Waals surface area contributed by atoms with Crippen molar-refractivity contribution in [2.75, 3.05) is 0 Å². The van der Waals surface area contributed by atoms with Gasteiger partial charge in [-0.3, -0.25) is 20.4 Å². The van der Waals surface area contributed by atoms with Crippen LogP contribution in [0, 0.1) is 0 Å². The molecule has 0 heterocycles. The number of benzene rings is 2. The fourth-order valence-electron chi connectivity index (χ4n) is 1.78. The maximum atomic E-state index is 12.0. The van der Waals surface area contributed by atoms with Crippen LogP contribution in [0.5, 0.6) is 5.75 Å².